The molecule has 1 aromatic heterocycles. The van der Waals surface area contributed by atoms with Crippen LogP contribution >= 0.6 is 0 Å². The van der Waals surface area contributed by atoms with Crippen LogP contribution in [0.1, 0.15) is 32.9 Å². The van der Waals surface area contributed by atoms with E-state index in [-0.39, 0.29) is 17.3 Å². The van der Waals surface area contributed by atoms with Crippen molar-refractivity contribution in [1.82, 2.24) is 9.97 Å². The second kappa shape index (κ2) is 4.60. The van der Waals surface area contributed by atoms with E-state index in [1.807, 2.05) is 20.8 Å². The molecular weight excluding hydrogens is 246 g/mol. The van der Waals surface area contributed by atoms with Crippen LogP contribution in [0.15, 0.2) is 12.3 Å². The van der Waals surface area contributed by atoms with Gasteiger partial charge < -0.3 is 5.11 Å². The standard InChI is InChI=1S/C13H17N3O3/c1-13(2,3)9-4-5-14-12(15-9)16-10(17)7-6-8(7)11(18)19/h4-5,7-8H,6H2,1-3H3,(H,18,19)(H,14,15,16,17). The van der Waals surface area contributed by atoms with Crippen LogP contribution in [0.4, 0.5) is 5.95 Å². The first kappa shape index (κ1) is 13.5. The largest absolute Gasteiger partial charge is 0.481 e. The number of hydrogen-bond acceptors (Lipinski definition) is 4. The molecule has 1 fully saturated rings. The van der Waals surface area contributed by atoms with Crippen LogP contribution in [-0.2, 0) is 15.0 Å². The molecule has 2 unspecified atom stereocenters. The molecule has 2 rings (SSSR count). The van der Waals surface area contributed by atoms with E-state index in [4.69, 9.17) is 5.11 Å². The predicted octanol–water partition coefficient (Wildman–Crippen LogP) is 1.43. The molecule has 1 aromatic rings. The number of aliphatic carboxylic acids is 1. The van der Waals surface area contributed by atoms with Crippen molar-refractivity contribution in [2.75, 3.05) is 5.32 Å². The second-order valence-electron chi connectivity index (χ2n) is 5.79. The van der Waals surface area contributed by atoms with E-state index in [0.717, 1.165) is 5.69 Å². The molecule has 1 aliphatic rings. The van der Waals surface area contributed by atoms with E-state index in [2.05, 4.69) is 15.3 Å². The fraction of sp³-hybridized carbons (Fsp3) is 0.538. The van der Waals surface area contributed by atoms with Crippen LogP contribution in [-0.4, -0.2) is 27.0 Å². The third kappa shape index (κ3) is 3.07. The number of nitrogens with zero attached hydrogens (tertiary/aromatic N) is 2. The van der Waals surface area contributed by atoms with Crippen molar-refractivity contribution in [3.8, 4) is 0 Å². The van der Waals surface area contributed by atoms with Gasteiger partial charge in [0.2, 0.25) is 11.9 Å². The minimum Gasteiger partial charge on any atom is -0.481 e. The van der Waals surface area contributed by atoms with E-state index in [1.165, 1.54) is 0 Å². The van der Waals surface area contributed by atoms with Crippen molar-refractivity contribution in [3.63, 3.8) is 0 Å². The lowest BCUT2D eigenvalue weighted by atomic mass is 9.92. The van der Waals surface area contributed by atoms with Gasteiger partial charge in [0, 0.05) is 11.6 Å². The molecule has 1 heterocycles. The van der Waals surface area contributed by atoms with Gasteiger partial charge >= 0.3 is 5.97 Å². The van der Waals surface area contributed by atoms with Crippen LogP contribution in [0.3, 0.4) is 0 Å². The summed E-state index contributed by atoms with van der Waals surface area (Å²) in [4.78, 5) is 30.8. The molecule has 6 nitrogen and oxygen atoms in total. The highest BCUT2D eigenvalue weighted by atomic mass is 16.4. The predicted molar refractivity (Wildman–Crippen MR) is 68.6 cm³/mol. The molecule has 2 atom stereocenters. The van der Waals surface area contributed by atoms with Crippen LogP contribution in [0.25, 0.3) is 0 Å². The molecule has 1 saturated carbocycles. The summed E-state index contributed by atoms with van der Waals surface area (Å²) in [5, 5.41) is 11.4. The smallest absolute Gasteiger partial charge is 0.307 e. The summed E-state index contributed by atoms with van der Waals surface area (Å²) in [6, 6.07) is 1.80. The lowest BCUT2D eigenvalue weighted by molar-refractivity contribution is -0.139. The van der Waals surface area contributed by atoms with Gasteiger partial charge in [-0.15, -0.1) is 0 Å². The zero-order valence-electron chi connectivity index (χ0n) is 11.2. The number of carboxylic acids is 1. The van der Waals surface area contributed by atoms with E-state index >= 15 is 0 Å². The summed E-state index contributed by atoms with van der Waals surface area (Å²) in [7, 11) is 0. The van der Waals surface area contributed by atoms with Gasteiger partial charge in [0.25, 0.3) is 0 Å². The van der Waals surface area contributed by atoms with Gasteiger partial charge in [0.15, 0.2) is 0 Å². The van der Waals surface area contributed by atoms with Gasteiger partial charge in [-0.2, -0.15) is 0 Å². The van der Waals surface area contributed by atoms with Crippen molar-refractivity contribution in [2.24, 2.45) is 11.8 Å². The number of carboxylic acid groups (broad SMARTS) is 1. The Balaban J connectivity index is 2.04. The average molecular weight is 263 g/mol. The second-order valence-corrected chi connectivity index (χ2v) is 5.79. The number of nitrogens with one attached hydrogen (secondary N) is 1. The zero-order valence-corrected chi connectivity index (χ0v) is 11.2. The number of carbonyl (C=O) groups is 2. The summed E-state index contributed by atoms with van der Waals surface area (Å²) in [5.74, 6) is -2.04. The van der Waals surface area contributed by atoms with Crippen molar-refractivity contribution in [2.45, 2.75) is 32.6 Å². The summed E-state index contributed by atoms with van der Waals surface area (Å²) in [6.07, 6.45) is 1.98. The summed E-state index contributed by atoms with van der Waals surface area (Å²) < 4.78 is 0. The fourth-order valence-corrected chi connectivity index (χ4v) is 1.80. The highest BCUT2D eigenvalue weighted by Crippen LogP contribution is 2.39. The van der Waals surface area contributed by atoms with Crippen LogP contribution in [0, 0.1) is 11.8 Å². The summed E-state index contributed by atoms with van der Waals surface area (Å²) in [5.41, 5.74) is 0.689. The molecule has 0 radical (unpaired) electrons. The Kier molecular flexibility index (Phi) is 3.26. The van der Waals surface area contributed by atoms with Gasteiger partial charge in [0.05, 0.1) is 17.5 Å². The summed E-state index contributed by atoms with van der Waals surface area (Å²) >= 11 is 0. The first-order valence-corrected chi connectivity index (χ1v) is 6.16. The first-order chi connectivity index (χ1) is 8.79. The monoisotopic (exact) mass is 263 g/mol. The third-order valence-electron chi connectivity index (χ3n) is 3.10. The van der Waals surface area contributed by atoms with Crippen molar-refractivity contribution >= 4 is 17.8 Å². The fourth-order valence-electron chi connectivity index (χ4n) is 1.80. The number of amides is 1. The maximum Gasteiger partial charge on any atom is 0.307 e. The van der Waals surface area contributed by atoms with Crippen LogP contribution in [0.2, 0.25) is 0 Å². The molecule has 0 spiro atoms. The molecule has 19 heavy (non-hydrogen) atoms. The normalized spacial score (nSPS) is 21.8. The maximum atomic E-state index is 11.8. The lowest BCUT2D eigenvalue weighted by Crippen LogP contribution is -2.20. The van der Waals surface area contributed by atoms with Crippen molar-refractivity contribution in [1.29, 1.82) is 0 Å². The van der Waals surface area contributed by atoms with E-state index in [1.54, 1.807) is 12.3 Å². The Morgan fingerprint density at radius 3 is 2.58 bits per heavy atom. The van der Waals surface area contributed by atoms with Gasteiger partial charge in [-0.3, -0.25) is 14.9 Å². The Morgan fingerprint density at radius 1 is 1.37 bits per heavy atom. The number of rotatable bonds is 3. The highest BCUT2D eigenvalue weighted by Gasteiger charge is 2.48. The quantitative estimate of drug-likeness (QED) is 0.860. The Bertz CT molecular complexity index is 522. The Labute approximate surface area is 111 Å². The highest BCUT2D eigenvalue weighted by molar-refractivity contribution is 5.97. The van der Waals surface area contributed by atoms with Gasteiger partial charge in [-0.05, 0) is 12.5 Å². The molecule has 0 aliphatic heterocycles. The van der Waals surface area contributed by atoms with Gasteiger partial charge in [0.1, 0.15) is 0 Å². The molecule has 102 valence electrons. The summed E-state index contributed by atoms with van der Waals surface area (Å²) in [6.45, 7) is 6.05. The van der Waals surface area contributed by atoms with Crippen molar-refractivity contribution in [3.05, 3.63) is 18.0 Å². The topological polar surface area (TPSA) is 92.2 Å². The van der Waals surface area contributed by atoms with E-state index < -0.39 is 17.8 Å². The first-order valence-electron chi connectivity index (χ1n) is 6.16. The molecular formula is C13H17N3O3. The Hall–Kier alpha value is -1.98. The third-order valence-corrected chi connectivity index (χ3v) is 3.10. The SMILES string of the molecule is CC(C)(C)c1ccnc(NC(=O)C2CC2C(=O)O)n1. The number of aromatic nitrogens is 2. The van der Waals surface area contributed by atoms with Crippen LogP contribution < -0.4 is 5.32 Å². The molecule has 2 N–H and O–H groups in total. The van der Waals surface area contributed by atoms with E-state index in [9.17, 15) is 9.59 Å². The molecule has 1 amide bonds. The Morgan fingerprint density at radius 2 is 2.05 bits per heavy atom. The lowest BCUT2D eigenvalue weighted by Gasteiger charge is -2.17. The molecule has 1 aliphatic carbocycles. The molecule has 6 heteroatoms. The molecule has 0 bridgehead atoms. The number of anilines is 1. The minimum absolute atomic E-state index is 0.133. The number of carbonyl (C=O) groups excluding carboxylic acids is 1. The van der Waals surface area contributed by atoms with Crippen LogP contribution in [0.5, 0.6) is 0 Å². The van der Waals surface area contributed by atoms with Gasteiger partial charge in [-0.1, -0.05) is 20.8 Å². The van der Waals surface area contributed by atoms with Crippen molar-refractivity contribution < 1.29 is 14.7 Å². The van der Waals surface area contributed by atoms with Gasteiger partial charge in [-0.25, -0.2) is 9.97 Å². The molecule has 0 aromatic carbocycles. The minimum atomic E-state index is -0.926. The van der Waals surface area contributed by atoms with E-state index in [0.29, 0.717) is 6.42 Å². The number of hydrogen-bond donors (Lipinski definition) is 2. The molecule has 0 saturated heterocycles. The zero-order chi connectivity index (χ0) is 14.2. The average Bonchev–Trinajstić information content (AvgIpc) is 3.08. The maximum absolute atomic E-state index is 11.8.